The van der Waals surface area contributed by atoms with Crippen LogP contribution in [-0.2, 0) is 11.3 Å². The first-order valence-corrected chi connectivity index (χ1v) is 7.67. The second-order valence-electron chi connectivity index (χ2n) is 6.25. The third-order valence-corrected chi connectivity index (χ3v) is 3.91. The lowest BCUT2D eigenvalue weighted by molar-refractivity contribution is -0.143. The van der Waals surface area contributed by atoms with Crippen LogP contribution in [0.3, 0.4) is 0 Å². The largest absolute Gasteiger partial charge is 0.481 e. The highest BCUT2D eigenvalue weighted by Gasteiger charge is 2.32. The van der Waals surface area contributed by atoms with E-state index >= 15 is 0 Å². The van der Waals surface area contributed by atoms with E-state index in [1.165, 1.54) is 9.58 Å². The number of carboxylic acids is 1. The van der Waals surface area contributed by atoms with Crippen LogP contribution in [0.4, 0.5) is 8.78 Å². The predicted octanol–water partition coefficient (Wildman–Crippen LogP) is 2.41. The number of piperidine rings is 1. The molecule has 1 N–H and O–H groups in total. The number of rotatable bonds is 5. The van der Waals surface area contributed by atoms with Crippen LogP contribution in [-0.4, -0.2) is 44.8 Å². The molecule has 0 bridgehead atoms. The van der Waals surface area contributed by atoms with Gasteiger partial charge in [0.2, 0.25) is 0 Å². The third kappa shape index (κ3) is 3.86. The molecule has 1 aliphatic rings. The maximum atomic E-state index is 13.4. The van der Waals surface area contributed by atoms with E-state index in [-0.39, 0.29) is 23.7 Å². The fourth-order valence-corrected chi connectivity index (χ4v) is 2.81. The number of hydrogen-bond donors (Lipinski definition) is 1. The van der Waals surface area contributed by atoms with Crippen LogP contribution in [0.2, 0.25) is 0 Å². The van der Waals surface area contributed by atoms with Gasteiger partial charge < -0.3 is 10.0 Å². The van der Waals surface area contributed by atoms with Gasteiger partial charge >= 0.3 is 5.97 Å². The van der Waals surface area contributed by atoms with Gasteiger partial charge in [-0.15, -0.1) is 0 Å². The molecule has 1 atom stereocenters. The normalized spacial score (nSPS) is 18.7. The summed E-state index contributed by atoms with van der Waals surface area (Å²) in [6, 6.07) is 0. The van der Waals surface area contributed by atoms with Gasteiger partial charge in [0.1, 0.15) is 5.69 Å². The van der Waals surface area contributed by atoms with Crippen molar-refractivity contribution in [2.45, 2.75) is 39.7 Å². The molecule has 1 fully saturated rings. The summed E-state index contributed by atoms with van der Waals surface area (Å²) >= 11 is 0. The van der Waals surface area contributed by atoms with E-state index in [4.69, 9.17) is 5.11 Å². The summed E-state index contributed by atoms with van der Waals surface area (Å²) in [5.74, 6) is -2.07. The topological polar surface area (TPSA) is 75.4 Å². The first-order chi connectivity index (χ1) is 10.8. The van der Waals surface area contributed by atoms with E-state index in [0.29, 0.717) is 25.9 Å². The van der Waals surface area contributed by atoms with Crippen molar-refractivity contribution >= 4 is 11.9 Å². The number of alkyl halides is 2. The highest BCUT2D eigenvalue weighted by Crippen LogP contribution is 2.26. The average molecular weight is 329 g/mol. The first-order valence-electron chi connectivity index (χ1n) is 7.67. The van der Waals surface area contributed by atoms with Crippen molar-refractivity contribution in [1.82, 2.24) is 14.7 Å². The first kappa shape index (κ1) is 17.4. The zero-order chi connectivity index (χ0) is 17.1. The van der Waals surface area contributed by atoms with E-state index in [9.17, 15) is 18.4 Å². The van der Waals surface area contributed by atoms with Crippen LogP contribution in [0, 0.1) is 11.8 Å². The van der Waals surface area contributed by atoms with Crippen molar-refractivity contribution < 1.29 is 23.5 Å². The Morgan fingerprint density at radius 1 is 1.43 bits per heavy atom. The zero-order valence-corrected chi connectivity index (χ0v) is 13.2. The quantitative estimate of drug-likeness (QED) is 0.900. The number of aromatic nitrogens is 2. The van der Waals surface area contributed by atoms with Gasteiger partial charge in [-0.3, -0.25) is 14.3 Å². The number of likely N-dealkylation sites (tertiary alicyclic amines) is 1. The van der Waals surface area contributed by atoms with Crippen LogP contribution in [0.25, 0.3) is 0 Å². The fraction of sp³-hybridized carbons (Fsp3) is 0.667. The highest BCUT2D eigenvalue weighted by atomic mass is 19.3. The number of amides is 1. The number of aliphatic carboxylic acids is 1. The van der Waals surface area contributed by atoms with Gasteiger partial charge in [-0.05, 0) is 18.8 Å². The van der Waals surface area contributed by atoms with E-state index in [1.54, 1.807) is 0 Å². The Labute approximate surface area is 133 Å². The van der Waals surface area contributed by atoms with Gasteiger partial charge in [0.15, 0.2) is 0 Å². The van der Waals surface area contributed by atoms with Gasteiger partial charge in [0.05, 0.1) is 17.7 Å². The maximum absolute atomic E-state index is 13.4. The molecule has 8 heteroatoms. The average Bonchev–Trinajstić information content (AvgIpc) is 2.89. The Morgan fingerprint density at radius 2 is 2.13 bits per heavy atom. The summed E-state index contributed by atoms with van der Waals surface area (Å²) < 4.78 is 27.9. The highest BCUT2D eigenvalue weighted by molar-refractivity contribution is 5.95. The predicted molar refractivity (Wildman–Crippen MR) is 78.3 cm³/mol. The molecule has 1 aromatic heterocycles. The van der Waals surface area contributed by atoms with E-state index in [2.05, 4.69) is 5.10 Å². The van der Waals surface area contributed by atoms with Crippen LogP contribution in [0.1, 0.15) is 49.2 Å². The lowest BCUT2D eigenvalue weighted by atomic mass is 9.97. The minimum absolute atomic E-state index is 0.0478. The standard InChI is InChI=1S/C15H21F2N3O3/c1-9(2)7-20-12(13(16)17)11(6-18-20)14(21)19-5-3-4-10(8-19)15(22)23/h6,9-10,13H,3-5,7-8H2,1-2H3,(H,22,23)/t10-/m1/s1. The molecule has 0 spiro atoms. The Bertz CT molecular complexity index is 587. The van der Waals surface area contributed by atoms with Gasteiger partial charge in [-0.1, -0.05) is 13.8 Å². The van der Waals surface area contributed by atoms with Crippen LogP contribution < -0.4 is 0 Å². The molecule has 0 aliphatic carbocycles. The third-order valence-electron chi connectivity index (χ3n) is 3.91. The lowest BCUT2D eigenvalue weighted by Gasteiger charge is -2.30. The van der Waals surface area contributed by atoms with Crippen molar-refractivity contribution in [3.05, 3.63) is 17.5 Å². The molecule has 2 heterocycles. The fourth-order valence-electron chi connectivity index (χ4n) is 2.81. The summed E-state index contributed by atoms with van der Waals surface area (Å²) in [4.78, 5) is 25.0. The molecule has 1 aliphatic heterocycles. The van der Waals surface area contributed by atoms with Gasteiger partial charge in [-0.25, -0.2) is 8.78 Å². The zero-order valence-electron chi connectivity index (χ0n) is 13.2. The lowest BCUT2D eigenvalue weighted by Crippen LogP contribution is -2.42. The van der Waals surface area contributed by atoms with Crippen LogP contribution in [0.5, 0.6) is 0 Å². The molecule has 0 aromatic carbocycles. The number of carboxylic acid groups (broad SMARTS) is 1. The molecule has 2 rings (SSSR count). The summed E-state index contributed by atoms with van der Waals surface area (Å²) in [5, 5.41) is 13.0. The van der Waals surface area contributed by atoms with Crippen molar-refractivity contribution in [2.75, 3.05) is 13.1 Å². The van der Waals surface area contributed by atoms with Gasteiger partial charge in [0, 0.05) is 19.6 Å². The molecule has 0 radical (unpaired) electrons. The minimum Gasteiger partial charge on any atom is -0.481 e. The SMILES string of the molecule is CC(C)Cn1ncc(C(=O)N2CCC[C@@H](C(=O)O)C2)c1C(F)F. The van der Waals surface area contributed by atoms with Gasteiger partial charge in [0.25, 0.3) is 12.3 Å². The Hall–Kier alpha value is -1.99. The Balaban J connectivity index is 2.25. The number of hydrogen-bond acceptors (Lipinski definition) is 3. The second-order valence-corrected chi connectivity index (χ2v) is 6.25. The molecular formula is C15H21F2N3O3. The molecule has 1 amide bonds. The number of carbonyl (C=O) groups excluding carboxylic acids is 1. The molecule has 1 aromatic rings. The molecule has 0 saturated carbocycles. The Kier molecular flexibility index (Phi) is 5.33. The maximum Gasteiger partial charge on any atom is 0.308 e. The number of halogens is 2. The van der Waals surface area contributed by atoms with Crippen molar-refractivity contribution in [3.8, 4) is 0 Å². The van der Waals surface area contributed by atoms with Crippen LogP contribution >= 0.6 is 0 Å². The summed E-state index contributed by atoms with van der Waals surface area (Å²) in [6.07, 6.45) is -0.605. The van der Waals surface area contributed by atoms with Crippen molar-refractivity contribution in [1.29, 1.82) is 0 Å². The van der Waals surface area contributed by atoms with Crippen molar-refractivity contribution in [2.24, 2.45) is 11.8 Å². The molecular weight excluding hydrogens is 308 g/mol. The molecule has 1 saturated heterocycles. The molecule has 0 unspecified atom stereocenters. The summed E-state index contributed by atoms with van der Waals surface area (Å²) in [7, 11) is 0. The smallest absolute Gasteiger partial charge is 0.308 e. The Morgan fingerprint density at radius 3 is 2.70 bits per heavy atom. The van der Waals surface area contributed by atoms with Crippen LogP contribution in [0.15, 0.2) is 6.20 Å². The van der Waals surface area contributed by atoms with E-state index < -0.39 is 24.2 Å². The second kappa shape index (κ2) is 7.06. The number of carbonyl (C=O) groups is 2. The van der Waals surface area contributed by atoms with E-state index in [0.717, 1.165) is 6.20 Å². The monoisotopic (exact) mass is 329 g/mol. The molecule has 23 heavy (non-hydrogen) atoms. The van der Waals surface area contributed by atoms with Gasteiger partial charge in [-0.2, -0.15) is 5.10 Å². The van der Waals surface area contributed by atoms with Crippen molar-refractivity contribution in [3.63, 3.8) is 0 Å². The summed E-state index contributed by atoms with van der Waals surface area (Å²) in [6.45, 7) is 4.47. The van der Waals surface area contributed by atoms with E-state index in [1.807, 2.05) is 13.8 Å². The molecule has 128 valence electrons. The summed E-state index contributed by atoms with van der Waals surface area (Å²) in [5.41, 5.74) is -0.521. The molecule has 6 nitrogen and oxygen atoms in total. The minimum atomic E-state index is -2.81. The number of nitrogens with zero attached hydrogens (tertiary/aromatic N) is 3.